The first kappa shape index (κ1) is 12.6. The van der Waals surface area contributed by atoms with Crippen LogP contribution in [-0.4, -0.2) is 4.98 Å². The number of halogens is 2. The molecule has 3 nitrogen and oxygen atoms in total. The lowest BCUT2D eigenvalue weighted by Crippen LogP contribution is -2.29. The van der Waals surface area contributed by atoms with Gasteiger partial charge in [0.25, 0.3) is 0 Å². The molecule has 1 atom stereocenters. The van der Waals surface area contributed by atoms with E-state index in [4.69, 9.17) is 5.84 Å². The van der Waals surface area contributed by atoms with Crippen molar-refractivity contribution in [3.8, 4) is 0 Å². The molecular weight excluding hydrogens is 236 g/mol. The zero-order valence-corrected chi connectivity index (χ0v) is 9.82. The Hall–Kier alpha value is -1.85. The molecule has 1 aromatic heterocycles. The summed E-state index contributed by atoms with van der Waals surface area (Å²) in [5, 5.41) is 0. The summed E-state index contributed by atoms with van der Waals surface area (Å²) < 4.78 is 26.5. The van der Waals surface area contributed by atoms with Crippen molar-refractivity contribution in [3.05, 3.63) is 65.0 Å². The number of benzene rings is 1. The summed E-state index contributed by atoms with van der Waals surface area (Å²) in [6.45, 7) is 1.78. The normalized spacial score (nSPS) is 12.4. The van der Waals surface area contributed by atoms with E-state index in [1.54, 1.807) is 13.0 Å². The number of aryl methyl sites for hydroxylation is 1. The fourth-order valence-corrected chi connectivity index (χ4v) is 1.90. The predicted octanol–water partition coefficient (Wildman–Crippen LogP) is 2.22. The van der Waals surface area contributed by atoms with Crippen molar-refractivity contribution >= 4 is 0 Å². The second kappa shape index (κ2) is 5.20. The van der Waals surface area contributed by atoms with Gasteiger partial charge in [-0.2, -0.15) is 0 Å². The summed E-state index contributed by atoms with van der Waals surface area (Å²) in [7, 11) is 0. The Balaban J connectivity index is 2.45. The first-order chi connectivity index (χ1) is 8.60. The van der Waals surface area contributed by atoms with Crippen LogP contribution in [0.15, 0.2) is 36.7 Å². The molecule has 0 aliphatic heterocycles. The fourth-order valence-electron chi connectivity index (χ4n) is 1.90. The van der Waals surface area contributed by atoms with Crippen LogP contribution in [0.4, 0.5) is 8.78 Å². The summed E-state index contributed by atoms with van der Waals surface area (Å²) in [5.41, 5.74) is 4.49. The number of nitrogens with two attached hydrogens (primary N) is 1. The van der Waals surface area contributed by atoms with E-state index in [0.29, 0.717) is 11.1 Å². The minimum absolute atomic E-state index is 0.352. The molecule has 0 spiro atoms. The lowest BCUT2D eigenvalue weighted by Gasteiger charge is -2.17. The van der Waals surface area contributed by atoms with Crippen LogP contribution in [0.2, 0.25) is 0 Å². The first-order valence-corrected chi connectivity index (χ1v) is 5.44. The van der Waals surface area contributed by atoms with Gasteiger partial charge in [0.15, 0.2) is 0 Å². The van der Waals surface area contributed by atoms with E-state index >= 15 is 0 Å². The van der Waals surface area contributed by atoms with Gasteiger partial charge < -0.3 is 0 Å². The van der Waals surface area contributed by atoms with Gasteiger partial charge in [0.2, 0.25) is 0 Å². The summed E-state index contributed by atoms with van der Waals surface area (Å²) in [4.78, 5) is 3.76. The number of nitrogens with zero attached hydrogens (tertiary/aromatic N) is 1. The molecule has 0 saturated carbocycles. The van der Waals surface area contributed by atoms with Gasteiger partial charge in [-0.05, 0) is 41.8 Å². The Morgan fingerprint density at radius 3 is 2.39 bits per heavy atom. The lowest BCUT2D eigenvalue weighted by atomic mass is 9.99. The van der Waals surface area contributed by atoms with Crippen molar-refractivity contribution in [2.75, 3.05) is 0 Å². The fraction of sp³-hybridized carbons (Fsp3) is 0.154. The van der Waals surface area contributed by atoms with Gasteiger partial charge >= 0.3 is 0 Å². The van der Waals surface area contributed by atoms with Crippen LogP contribution in [0.1, 0.15) is 22.7 Å². The van der Waals surface area contributed by atoms with E-state index in [1.165, 1.54) is 24.4 Å². The quantitative estimate of drug-likeness (QED) is 0.647. The van der Waals surface area contributed by atoms with E-state index in [0.717, 1.165) is 11.8 Å². The van der Waals surface area contributed by atoms with Gasteiger partial charge in [-0.1, -0.05) is 6.07 Å². The standard InChI is InChI=1S/C13H13F2N3/c1-8-2-9(4-11(14)3-8)13(18-16)10-5-12(15)7-17-6-10/h2-7,13,18H,16H2,1H3. The van der Waals surface area contributed by atoms with E-state index in [-0.39, 0.29) is 5.82 Å². The smallest absolute Gasteiger partial charge is 0.141 e. The second-order valence-electron chi connectivity index (χ2n) is 4.10. The molecule has 1 heterocycles. The van der Waals surface area contributed by atoms with E-state index < -0.39 is 11.9 Å². The molecule has 0 aliphatic rings. The third-order valence-electron chi connectivity index (χ3n) is 2.62. The van der Waals surface area contributed by atoms with Crippen molar-refractivity contribution in [1.29, 1.82) is 0 Å². The third-order valence-corrected chi connectivity index (χ3v) is 2.62. The Morgan fingerprint density at radius 1 is 1.06 bits per heavy atom. The van der Waals surface area contributed by atoms with Gasteiger partial charge in [-0.25, -0.2) is 14.2 Å². The second-order valence-corrected chi connectivity index (χ2v) is 4.10. The van der Waals surface area contributed by atoms with Gasteiger partial charge in [0.05, 0.1) is 12.2 Å². The molecule has 0 bridgehead atoms. The monoisotopic (exact) mass is 249 g/mol. The number of hydrogen-bond acceptors (Lipinski definition) is 3. The highest BCUT2D eigenvalue weighted by Crippen LogP contribution is 2.23. The number of pyridine rings is 1. The van der Waals surface area contributed by atoms with E-state index in [2.05, 4.69) is 10.4 Å². The number of aromatic nitrogens is 1. The van der Waals surface area contributed by atoms with E-state index in [9.17, 15) is 8.78 Å². The molecule has 1 unspecified atom stereocenters. The topological polar surface area (TPSA) is 50.9 Å². The third kappa shape index (κ3) is 2.69. The van der Waals surface area contributed by atoms with Gasteiger partial charge in [0.1, 0.15) is 11.6 Å². The molecule has 94 valence electrons. The van der Waals surface area contributed by atoms with Crippen molar-refractivity contribution in [2.45, 2.75) is 13.0 Å². The summed E-state index contributed by atoms with van der Waals surface area (Å²) in [6, 6.07) is 5.39. The van der Waals surface area contributed by atoms with Gasteiger partial charge in [0, 0.05) is 6.20 Å². The molecule has 0 aliphatic carbocycles. The van der Waals surface area contributed by atoms with Crippen LogP contribution in [0.5, 0.6) is 0 Å². The number of rotatable bonds is 3. The maximum Gasteiger partial charge on any atom is 0.141 e. The summed E-state index contributed by atoms with van der Waals surface area (Å²) in [6.07, 6.45) is 2.60. The molecule has 2 aromatic rings. The molecule has 0 saturated heterocycles. The average Bonchev–Trinajstić information content (AvgIpc) is 2.28. The number of nitrogens with one attached hydrogen (secondary N) is 1. The van der Waals surface area contributed by atoms with Crippen LogP contribution in [-0.2, 0) is 0 Å². The molecule has 0 radical (unpaired) electrons. The predicted molar refractivity (Wildman–Crippen MR) is 64.5 cm³/mol. The van der Waals surface area contributed by atoms with Crippen molar-refractivity contribution in [3.63, 3.8) is 0 Å². The lowest BCUT2D eigenvalue weighted by molar-refractivity contribution is 0.589. The Bertz CT molecular complexity index is 537. The molecule has 5 heteroatoms. The molecule has 0 amide bonds. The molecule has 3 N–H and O–H groups in total. The van der Waals surface area contributed by atoms with Crippen LogP contribution in [0.25, 0.3) is 0 Å². The minimum Gasteiger partial charge on any atom is -0.271 e. The minimum atomic E-state index is -0.498. The number of hydrogen-bond donors (Lipinski definition) is 2. The Morgan fingerprint density at radius 2 is 1.78 bits per heavy atom. The number of hydrazine groups is 1. The van der Waals surface area contributed by atoms with Crippen LogP contribution in [0, 0.1) is 18.6 Å². The molecule has 0 fully saturated rings. The Labute approximate surface area is 104 Å². The summed E-state index contributed by atoms with van der Waals surface area (Å²) >= 11 is 0. The van der Waals surface area contributed by atoms with Gasteiger partial charge in [-0.3, -0.25) is 10.8 Å². The van der Waals surface area contributed by atoms with Crippen LogP contribution < -0.4 is 11.3 Å². The first-order valence-electron chi connectivity index (χ1n) is 5.44. The van der Waals surface area contributed by atoms with Crippen LogP contribution >= 0.6 is 0 Å². The maximum absolute atomic E-state index is 13.4. The summed E-state index contributed by atoms with van der Waals surface area (Å²) in [5.74, 6) is 4.65. The van der Waals surface area contributed by atoms with Crippen LogP contribution in [0.3, 0.4) is 0 Å². The average molecular weight is 249 g/mol. The molecule has 1 aromatic carbocycles. The van der Waals surface area contributed by atoms with Crippen molar-refractivity contribution in [1.82, 2.24) is 10.4 Å². The highest BCUT2D eigenvalue weighted by Gasteiger charge is 2.14. The molecule has 2 rings (SSSR count). The highest BCUT2D eigenvalue weighted by atomic mass is 19.1. The van der Waals surface area contributed by atoms with Crippen molar-refractivity contribution in [2.24, 2.45) is 5.84 Å². The zero-order valence-electron chi connectivity index (χ0n) is 9.82. The van der Waals surface area contributed by atoms with E-state index in [1.807, 2.05) is 0 Å². The maximum atomic E-state index is 13.4. The molecular formula is C13H13F2N3. The zero-order chi connectivity index (χ0) is 13.1. The molecule has 18 heavy (non-hydrogen) atoms. The SMILES string of the molecule is Cc1cc(F)cc(C(NN)c2cncc(F)c2)c1. The van der Waals surface area contributed by atoms with Crippen molar-refractivity contribution < 1.29 is 8.78 Å². The largest absolute Gasteiger partial charge is 0.271 e. The highest BCUT2D eigenvalue weighted by molar-refractivity contribution is 5.33. The van der Waals surface area contributed by atoms with Gasteiger partial charge in [-0.15, -0.1) is 0 Å². The Kier molecular flexibility index (Phi) is 3.64.